The summed E-state index contributed by atoms with van der Waals surface area (Å²) in [4.78, 5) is 16.1. The highest BCUT2D eigenvalue weighted by atomic mass is 32.1. The minimum Gasteiger partial charge on any atom is -0.323 e. The Bertz CT molecular complexity index is 826. The fraction of sp³-hybridized carbons (Fsp3) is 0. The van der Waals surface area contributed by atoms with Gasteiger partial charge in [-0.3, -0.25) is 4.79 Å². The van der Waals surface area contributed by atoms with Gasteiger partial charge in [0.1, 0.15) is 10.8 Å². The van der Waals surface area contributed by atoms with Crippen LogP contribution in [-0.4, -0.2) is 10.9 Å². The minimum atomic E-state index is -0.357. The molecule has 1 N–H and O–H groups in total. The molecule has 3 aromatic rings. The molecule has 0 saturated heterocycles. The first kappa shape index (κ1) is 15.1. The zero-order valence-corrected chi connectivity index (χ0v) is 12.9. The van der Waals surface area contributed by atoms with Gasteiger partial charge in [0, 0.05) is 34.5 Å². The third-order valence-corrected chi connectivity index (χ3v) is 3.97. The van der Waals surface area contributed by atoms with Crippen molar-refractivity contribution in [3.8, 4) is 10.6 Å². The first-order valence-corrected chi connectivity index (χ1v) is 7.84. The minimum absolute atomic E-state index is 0.310. The fourth-order valence-corrected chi connectivity index (χ4v) is 2.67. The fourth-order valence-electron chi connectivity index (χ4n) is 2.02. The molecule has 3 nitrogen and oxygen atoms in total. The number of carbonyl (C=O) groups is 1. The normalized spacial score (nSPS) is 10.8. The summed E-state index contributed by atoms with van der Waals surface area (Å²) in [5, 5.41) is 5.59. The summed E-state index contributed by atoms with van der Waals surface area (Å²) in [6, 6.07) is 13.7. The van der Waals surface area contributed by atoms with Crippen LogP contribution in [0.4, 0.5) is 10.1 Å². The second kappa shape index (κ2) is 6.98. The highest BCUT2D eigenvalue weighted by Gasteiger charge is 2.02. The third-order valence-electron chi connectivity index (χ3n) is 3.15. The maximum atomic E-state index is 13.5. The number of hydrogen-bond donors (Lipinski definition) is 1. The molecule has 1 amide bonds. The lowest BCUT2D eigenvalue weighted by atomic mass is 10.2. The Labute approximate surface area is 137 Å². The van der Waals surface area contributed by atoms with Gasteiger partial charge in [-0.05, 0) is 36.4 Å². The van der Waals surface area contributed by atoms with E-state index in [1.807, 2.05) is 29.6 Å². The number of carbonyl (C=O) groups excluding carboxylic acids is 1. The average molecular weight is 324 g/mol. The van der Waals surface area contributed by atoms with E-state index in [0.717, 1.165) is 10.6 Å². The number of nitrogens with one attached hydrogen (secondary N) is 1. The highest BCUT2D eigenvalue weighted by Crippen LogP contribution is 2.23. The second-order valence-electron chi connectivity index (χ2n) is 4.76. The topological polar surface area (TPSA) is 42.0 Å². The summed E-state index contributed by atoms with van der Waals surface area (Å²) in [6.45, 7) is 0. The molecule has 0 radical (unpaired) electrons. The van der Waals surface area contributed by atoms with E-state index < -0.39 is 0 Å². The largest absolute Gasteiger partial charge is 0.323 e. The lowest BCUT2D eigenvalue weighted by Gasteiger charge is -2.03. The van der Waals surface area contributed by atoms with Crippen LogP contribution in [-0.2, 0) is 4.79 Å². The SMILES string of the molecule is O=C(/C=C/c1ccccc1F)Nc1ccc(-c2nccs2)cc1. The van der Waals surface area contributed by atoms with Gasteiger partial charge in [0.25, 0.3) is 0 Å². The molecule has 0 bridgehead atoms. The third kappa shape index (κ3) is 3.90. The maximum Gasteiger partial charge on any atom is 0.248 e. The van der Waals surface area contributed by atoms with Crippen molar-refractivity contribution in [1.82, 2.24) is 4.98 Å². The van der Waals surface area contributed by atoms with Crippen molar-refractivity contribution in [2.45, 2.75) is 0 Å². The molecule has 0 aliphatic heterocycles. The summed E-state index contributed by atoms with van der Waals surface area (Å²) in [5.74, 6) is -0.667. The van der Waals surface area contributed by atoms with Crippen LogP contribution >= 0.6 is 11.3 Å². The molecule has 1 heterocycles. The average Bonchev–Trinajstić information content (AvgIpc) is 3.09. The van der Waals surface area contributed by atoms with E-state index >= 15 is 0 Å². The molecule has 0 fully saturated rings. The number of hydrogen-bond acceptors (Lipinski definition) is 3. The lowest BCUT2D eigenvalue weighted by molar-refractivity contribution is -0.111. The first-order chi connectivity index (χ1) is 11.2. The van der Waals surface area contributed by atoms with Gasteiger partial charge in [0.2, 0.25) is 5.91 Å². The van der Waals surface area contributed by atoms with E-state index in [-0.39, 0.29) is 11.7 Å². The van der Waals surface area contributed by atoms with Crippen molar-refractivity contribution < 1.29 is 9.18 Å². The van der Waals surface area contributed by atoms with Gasteiger partial charge in [-0.2, -0.15) is 0 Å². The molecule has 0 aliphatic carbocycles. The van der Waals surface area contributed by atoms with Crippen molar-refractivity contribution in [2.24, 2.45) is 0 Å². The maximum absolute atomic E-state index is 13.5. The molecule has 1 aromatic heterocycles. The summed E-state index contributed by atoms with van der Waals surface area (Å²) in [5.41, 5.74) is 2.05. The number of benzene rings is 2. The van der Waals surface area contributed by atoms with E-state index in [1.165, 1.54) is 18.2 Å². The number of nitrogens with zero attached hydrogens (tertiary/aromatic N) is 1. The van der Waals surface area contributed by atoms with Gasteiger partial charge in [0.15, 0.2) is 0 Å². The smallest absolute Gasteiger partial charge is 0.248 e. The van der Waals surface area contributed by atoms with Gasteiger partial charge in [0.05, 0.1) is 0 Å². The van der Waals surface area contributed by atoms with Crippen LogP contribution < -0.4 is 5.32 Å². The summed E-state index contributed by atoms with van der Waals surface area (Å²) in [6.07, 6.45) is 4.52. The summed E-state index contributed by atoms with van der Waals surface area (Å²) >= 11 is 1.56. The molecular weight excluding hydrogens is 311 g/mol. The van der Waals surface area contributed by atoms with Crippen LogP contribution in [0.2, 0.25) is 0 Å². The highest BCUT2D eigenvalue weighted by molar-refractivity contribution is 7.13. The van der Waals surface area contributed by atoms with Crippen molar-refractivity contribution in [3.63, 3.8) is 0 Å². The predicted octanol–water partition coefficient (Wildman–Crippen LogP) is 4.60. The van der Waals surface area contributed by atoms with Crippen LogP contribution in [0.15, 0.2) is 66.2 Å². The Kier molecular flexibility index (Phi) is 4.59. The van der Waals surface area contributed by atoms with Crippen molar-refractivity contribution in [1.29, 1.82) is 0 Å². The molecule has 23 heavy (non-hydrogen) atoms. The van der Waals surface area contributed by atoms with Gasteiger partial charge < -0.3 is 5.32 Å². The van der Waals surface area contributed by atoms with E-state index in [4.69, 9.17) is 0 Å². The van der Waals surface area contributed by atoms with Crippen molar-refractivity contribution in [2.75, 3.05) is 5.32 Å². The zero-order chi connectivity index (χ0) is 16.1. The molecule has 0 atom stereocenters. The van der Waals surface area contributed by atoms with Crippen LogP contribution in [0.5, 0.6) is 0 Å². The monoisotopic (exact) mass is 324 g/mol. The number of aromatic nitrogens is 1. The van der Waals surface area contributed by atoms with Gasteiger partial charge in [-0.15, -0.1) is 11.3 Å². The van der Waals surface area contributed by atoms with Gasteiger partial charge >= 0.3 is 0 Å². The lowest BCUT2D eigenvalue weighted by Crippen LogP contribution is -2.07. The molecule has 5 heteroatoms. The molecular formula is C18H13FN2OS. The van der Waals surface area contributed by atoms with Crippen molar-refractivity contribution >= 4 is 29.0 Å². The Balaban J connectivity index is 1.65. The standard InChI is InChI=1S/C18H13FN2OS/c19-16-4-2-1-3-13(16)7-10-17(22)21-15-8-5-14(6-9-15)18-20-11-12-23-18/h1-12H,(H,21,22)/b10-7+. The Morgan fingerprint density at radius 1 is 1.13 bits per heavy atom. The van der Waals surface area contributed by atoms with E-state index in [2.05, 4.69) is 10.3 Å². The first-order valence-electron chi connectivity index (χ1n) is 6.96. The molecule has 3 rings (SSSR count). The second-order valence-corrected chi connectivity index (χ2v) is 5.65. The van der Waals surface area contributed by atoms with E-state index in [9.17, 15) is 9.18 Å². The molecule has 0 saturated carbocycles. The Hall–Kier alpha value is -2.79. The molecule has 2 aromatic carbocycles. The summed E-state index contributed by atoms with van der Waals surface area (Å²) < 4.78 is 13.5. The van der Waals surface area contributed by atoms with Crippen LogP contribution in [0.3, 0.4) is 0 Å². The number of rotatable bonds is 4. The zero-order valence-electron chi connectivity index (χ0n) is 12.1. The quantitative estimate of drug-likeness (QED) is 0.713. The van der Waals surface area contributed by atoms with Crippen LogP contribution in [0, 0.1) is 5.82 Å². The number of halogens is 1. The predicted molar refractivity (Wildman–Crippen MR) is 91.6 cm³/mol. The van der Waals surface area contributed by atoms with Gasteiger partial charge in [-0.25, -0.2) is 9.37 Å². The Morgan fingerprint density at radius 2 is 1.91 bits per heavy atom. The Morgan fingerprint density at radius 3 is 2.61 bits per heavy atom. The number of thiazole rings is 1. The number of anilines is 1. The molecule has 0 aliphatic rings. The molecule has 114 valence electrons. The van der Waals surface area contributed by atoms with E-state index in [0.29, 0.717) is 11.3 Å². The molecule has 0 unspecified atom stereocenters. The van der Waals surface area contributed by atoms with Crippen LogP contribution in [0.1, 0.15) is 5.56 Å². The van der Waals surface area contributed by atoms with Crippen LogP contribution in [0.25, 0.3) is 16.6 Å². The van der Waals surface area contributed by atoms with E-state index in [1.54, 1.807) is 35.7 Å². The number of amides is 1. The summed E-state index contributed by atoms with van der Waals surface area (Å²) in [7, 11) is 0. The molecule has 0 spiro atoms. The van der Waals surface area contributed by atoms with Crippen molar-refractivity contribution in [3.05, 3.63) is 77.6 Å². The van der Waals surface area contributed by atoms with Gasteiger partial charge in [-0.1, -0.05) is 18.2 Å².